The first-order valence-corrected chi connectivity index (χ1v) is 10.4. The van der Waals surface area contributed by atoms with Gasteiger partial charge >= 0.3 is 0 Å². The summed E-state index contributed by atoms with van der Waals surface area (Å²) in [6.07, 6.45) is 3.52. The second-order valence-electron chi connectivity index (χ2n) is 8.07. The normalized spacial score (nSPS) is 15.7. The number of aryl methyl sites for hydroxylation is 2. The van der Waals surface area contributed by atoms with Crippen molar-refractivity contribution in [1.29, 1.82) is 0 Å². The number of rotatable bonds is 6. The molecule has 0 bridgehead atoms. The van der Waals surface area contributed by atoms with E-state index < -0.39 is 0 Å². The van der Waals surface area contributed by atoms with E-state index in [2.05, 4.69) is 28.4 Å². The zero-order valence-electron chi connectivity index (χ0n) is 17.6. The molecule has 1 N–H and O–H groups in total. The maximum absolute atomic E-state index is 12.8. The first kappa shape index (κ1) is 20.3. The molecule has 0 unspecified atom stereocenters. The Bertz CT molecular complexity index is 990. The van der Waals surface area contributed by atoms with E-state index in [0.29, 0.717) is 31.9 Å². The zero-order chi connectivity index (χ0) is 21.0. The molecule has 6 heteroatoms. The molecule has 1 saturated heterocycles. The third-order valence-electron chi connectivity index (χ3n) is 5.90. The molecule has 3 aromatic rings. The molecule has 1 amide bonds. The van der Waals surface area contributed by atoms with Gasteiger partial charge in [-0.05, 0) is 62.6 Å². The lowest BCUT2D eigenvalue weighted by Crippen LogP contribution is -2.45. The molecule has 156 valence electrons. The summed E-state index contributed by atoms with van der Waals surface area (Å²) in [6, 6.07) is 15.8. The Morgan fingerprint density at radius 2 is 1.90 bits per heavy atom. The molecule has 0 spiro atoms. The smallest absolute Gasteiger partial charge is 0.251 e. The Kier molecular flexibility index (Phi) is 5.95. The van der Waals surface area contributed by atoms with Crippen molar-refractivity contribution in [3.63, 3.8) is 0 Å². The third-order valence-corrected chi connectivity index (χ3v) is 5.90. The van der Waals surface area contributed by atoms with Crippen molar-refractivity contribution in [3.8, 4) is 0 Å². The standard InChI is InChI=1S/C24H28N4O2/c1-18-15-19(2)28(27-18)16-20-6-8-21(9-7-20)23(29)26-17-24(10-13-30-14-11-24)22-5-3-4-12-25-22/h3-9,12,15H,10-11,13-14,16-17H2,1-2H3,(H,26,29). The predicted octanol–water partition coefficient (Wildman–Crippen LogP) is 3.42. The lowest BCUT2D eigenvalue weighted by Gasteiger charge is -2.36. The third kappa shape index (κ3) is 4.44. The van der Waals surface area contributed by atoms with Gasteiger partial charge in [0.2, 0.25) is 0 Å². The van der Waals surface area contributed by atoms with Crippen LogP contribution in [-0.4, -0.2) is 40.4 Å². The number of nitrogens with zero attached hydrogens (tertiary/aromatic N) is 3. The number of amides is 1. The summed E-state index contributed by atoms with van der Waals surface area (Å²) in [7, 11) is 0. The molecule has 2 aromatic heterocycles. The lowest BCUT2D eigenvalue weighted by molar-refractivity contribution is 0.0473. The fraction of sp³-hybridized carbons (Fsp3) is 0.375. The molecular weight excluding hydrogens is 376 g/mol. The number of nitrogens with one attached hydrogen (secondary N) is 1. The monoisotopic (exact) mass is 404 g/mol. The molecular formula is C24H28N4O2. The quantitative estimate of drug-likeness (QED) is 0.684. The molecule has 30 heavy (non-hydrogen) atoms. The molecule has 0 aliphatic carbocycles. The summed E-state index contributed by atoms with van der Waals surface area (Å²) < 4.78 is 7.54. The van der Waals surface area contributed by atoms with E-state index in [-0.39, 0.29) is 11.3 Å². The van der Waals surface area contributed by atoms with E-state index in [1.165, 1.54) is 0 Å². The van der Waals surface area contributed by atoms with Crippen molar-refractivity contribution in [3.05, 3.63) is 82.9 Å². The van der Waals surface area contributed by atoms with Crippen LogP contribution in [0.2, 0.25) is 0 Å². The topological polar surface area (TPSA) is 69.0 Å². The van der Waals surface area contributed by atoms with Crippen LogP contribution in [0.25, 0.3) is 0 Å². The second-order valence-corrected chi connectivity index (χ2v) is 8.07. The maximum Gasteiger partial charge on any atom is 0.251 e. The summed E-state index contributed by atoms with van der Waals surface area (Å²) >= 11 is 0. The van der Waals surface area contributed by atoms with Gasteiger partial charge in [0.25, 0.3) is 5.91 Å². The van der Waals surface area contributed by atoms with Crippen LogP contribution in [0.4, 0.5) is 0 Å². The van der Waals surface area contributed by atoms with Crippen molar-refractivity contribution >= 4 is 5.91 Å². The largest absolute Gasteiger partial charge is 0.381 e. The number of aromatic nitrogens is 3. The average Bonchev–Trinajstić information content (AvgIpc) is 3.10. The van der Waals surface area contributed by atoms with Gasteiger partial charge in [-0.3, -0.25) is 14.5 Å². The molecule has 1 aromatic carbocycles. The molecule has 1 fully saturated rings. The SMILES string of the molecule is Cc1cc(C)n(Cc2ccc(C(=O)NCC3(c4ccccn4)CCOCC3)cc2)n1. The Hall–Kier alpha value is -2.99. The number of carbonyl (C=O) groups is 1. The molecule has 3 heterocycles. The van der Waals surface area contributed by atoms with E-state index >= 15 is 0 Å². The summed E-state index contributed by atoms with van der Waals surface area (Å²) in [4.78, 5) is 17.4. The van der Waals surface area contributed by atoms with Crippen molar-refractivity contribution in [2.75, 3.05) is 19.8 Å². The molecule has 0 saturated carbocycles. The van der Waals surface area contributed by atoms with Crippen LogP contribution in [0.1, 0.15) is 45.8 Å². The van der Waals surface area contributed by atoms with E-state index in [9.17, 15) is 4.79 Å². The number of benzene rings is 1. The number of carbonyl (C=O) groups excluding carboxylic acids is 1. The van der Waals surface area contributed by atoms with Gasteiger partial charge in [0, 0.05) is 48.3 Å². The summed E-state index contributed by atoms with van der Waals surface area (Å²) in [5.74, 6) is -0.0607. The maximum atomic E-state index is 12.8. The van der Waals surface area contributed by atoms with Gasteiger partial charge in [-0.25, -0.2) is 0 Å². The molecule has 0 radical (unpaired) electrons. The molecule has 1 aliphatic heterocycles. The fourth-order valence-corrected chi connectivity index (χ4v) is 4.08. The zero-order valence-corrected chi connectivity index (χ0v) is 17.6. The highest BCUT2D eigenvalue weighted by Crippen LogP contribution is 2.33. The first-order valence-electron chi connectivity index (χ1n) is 10.4. The highest BCUT2D eigenvalue weighted by Gasteiger charge is 2.36. The van der Waals surface area contributed by atoms with E-state index in [0.717, 1.165) is 35.5 Å². The van der Waals surface area contributed by atoms with Crippen LogP contribution in [0.5, 0.6) is 0 Å². The molecule has 6 nitrogen and oxygen atoms in total. The Morgan fingerprint density at radius 1 is 1.13 bits per heavy atom. The number of pyridine rings is 1. The van der Waals surface area contributed by atoms with Gasteiger partial charge in [0.1, 0.15) is 0 Å². The summed E-state index contributed by atoms with van der Waals surface area (Å²) in [6.45, 7) is 6.67. The Labute approximate surface area is 177 Å². The van der Waals surface area contributed by atoms with Gasteiger partial charge in [-0.2, -0.15) is 5.10 Å². The number of hydrogen-bond donors (Lipinski definition) is 1. The number of ether oxygens (including phenoxy) is 1. The van der Waals surface area contributed by atoms with Crippen LogP contribution in [-0.2, 0) is 16.7 Å². The van der Waals surface area contributed by atoms with Gasteiger partial charge in [0.15, 0.2) is 0 Å². The van der Waals surface area contributed by atoms with Gasteiger partial charge in [-0.1, -0.05) is 18.2 Å². The van der Waals surface area contributed by atoms with Crippen LogP contribution >= 0.6 is 0 Å². The predicted molar refractivity (Wildman–Crippen MR) is 116 cm³/mol. The molecule has 1 aliphatic rings. The Morgan fingerprint density at radius 3 is 2.53 bits per heavy atom. The van der Waals surface area contributed by atoms with Gasteiger partial charge in [-0.15, -0.1) is 0 Å². The average molecular weight is 405 g/mol. The molecule has 4 rings (SSSR count). The van der Waals surface area contributed by atoms with Crippen LogP contribution < -0.4 is 5.32 Å². The molecule has 0 atom stereocenters. The van der Waals surface area contributed by atoms with Gasteiger partial charge in [0.05, 0.1) is 12.2 Å². The summed E-state index contributed by atoms with van der Waals surface area (Å²) in [5, 5.41) is 7.64. The minimum Gasteiger partial charge on any atom is -0.381 e. The van der Waals surface area contributed by atoms with Crippen molar-refractivity contribution in [1.82, 2.24) is 20.1 Å². The van der Waals surface area contributed by atoms with E-state index in [4.69, 9.17) is 4.74 Å². The van der Waals surface area contributed by atoms with Crippen LogP contribution in [0.3, 0.4) is 0 Å². The van der Waals surface area contributed by atoms with Gasteiger partial charge < -0.3 is 10.1 Å². The van der Waals surface area contributed by atoms with E-state index in [1.54, 1.807) is 0 Å². The van der Waals surface area contributed by atoms with Crippen molar-refractivity contribution in [2.24, 2.45) is 0 Å². The number of hydrogen-bond acceptors (Lipinski definition) is 4. The highest BCUT2D eigenvalue weighted by atomic mass is 16.5. The van der Waals surface area contributed by atoms with Crippen LogP contribution in [0.15, 0.2) is 54.7 Å². The van der Waals surface area contributed by atoms with Crippen LogP contribution in [0, 0.1) is 13.8 Å². The van der Waals surface area contributed by atoms with Crippen molar-refractivity contribution in [2.45, 2.75) is 38.6 Å². The lowest BCUT2D eigenvalue weighted by atomic mass is 9.76. The van der Waals surface area contributed by atoms with Crippen molar-refractivity contribution < 1.29 is 9.53 Å². The summed E-state index contributed by atoms with van der Waals surface area (Å²) in [5.41, 5.74) is 4.77. The fourth-order valence-electron chi connectivity index (χ4n) is 4.08. The van der Waals surface area contributed by atoms with E-state index in [1.807, 2.05) is 60.3 Å². The minimum absolute atomic E-state index is 0.0607. The first-order chi connectivity index (χ1) is 14.6. The minimum atomic E-state index is -0.176. The second kappa shape index (κ2) is 8.79. The Balaban J connectivity index is 1.42. The highest BCUT2D eigenvalue weighted by molar-refractivity contribution is 5.94.